The van der Waals surface area contributed by atoms with Crippen LogP contribution in [-0.2, 0) is 6.54 Å². The number of fused-ring (bicyclic) bond motifs is 1. The molecular formula is C17H17NO3. The molecule has 0 spiro atoms. The second-order valence-electron chi connectivity index (χ2n) is 5.19. The van der Waals surface area contributed by atoms with Gasteiger partial charge in [0.1, 0.15) is 5.75 Å². The quantitative estimate of drug-likeness (QED) is 0.919. The maximum atomic E-state index is 11.3. The van der Waals surface area contributed by atoms with E-state index >= 15 is 0 Å². The third-order valence-electron chi connectivity index (χ3n) is 3.98. The molecule has 0 aromatic heterocycles. The van der Waals surface area contributed by atoms with Crippen LogP contribution in [0.5, 0.6) is 5.75 Å². The Kier molecular flexibility index (Phi) is 3.52. The van der Waals surface area contributed by atoms with Crippen LogP contribution in [0.4, 0.5) is 4.79 Å². The minimum absolute atomic E-state index is 0.0666. The fourth-order valence-electron chi connectivity index (χ4n) is 2.87. The highest BCUT2D eigenvalue weighted by Gasteiger charge is 2.28. The fraction of sp³-hybridized carbons (Fsp3) is 0.235. The Bertz CT molecular complexity index is 651. The predicted molar refractivity (Wildman–Crippen MR) is 79.7 cm³/mol. The number of benzene rings is 2. The maximum Gasteiger partial charge on any atom is 0.407 e. The lowest BCUT2D eigenvalue weighted by Gasteiger charge is -2.33. The molecule has 108 valence electrons. The van der Waals surface area contributed by atoms with Crippen LogP contribution in [0.1, 0.15) is 22.6 Å². The monoisotopic (exact) mass is 283 g/mol. The van der Waals surface area contributed by atoms with E-state index < -0.39 is 6.09 Å². The largest absolute Gasteiger partial charge is 0.497 e. The summed E-state index contributed by atoms with van der Waals surface area (Å²) in [7, 11) is 1.64. The summed E-state index contributed by atoms with van der Waals surface area (Å²) >= 11 is 0. The van der Waals surface area contributed by atoms with Crippen molar-refractivity contribution in [2.24, 2.45) is 0 Å². The molecule has 1 atom stereocenters. The summed E-state index contributed by atoms with van der Waals surface area (Å²) in [6.45, 7) is 0.941. The van der Waals surface area contributed by atoms with Gasteiger partial charge < -0.3 is 14.7 Å². The lowest BCUT2D eigenvalue weighted by atomic mass is 9.85. The minimum atomic E-state index is -0.872. The highest BCUT2D eigenvalue weighted by molar-refractivity contribution is 5.66. The predicted octanol–water partition coefficient (Wildman–Crippen LogP) is 3.32. The Labute approximate surface area is 123 Å². The number of amides is 1. The molecule has 21 heavy (non-hydrogen) atoms. The van der Waals surface area contributed by atoms with Crippen LogP contribution in [0.15, 0.2) is 48.5 Å². The lowest BCUT2D eigenvalue weighted by Crippen LogP contribution is -2.37. The van der Waals surface area contributed by atoms with E-state index in [1.807, 2.05) is 42.5 Å². The Morgan fingerprint density at radius 3 is 2.57 bits per heavy atom. The van der Waals surface area contributed by atoms with Crippen molar-refractivity contribution >= 4 is 6.09 Å². The van der Waals surface area contributed by atoms with Gasteiger partial charge in [0, 0.05) is 19.0 Å². The van der Waals surface area contributed by atoms with Crippen LogP contribution >= 0.6 is 0 Å². The molecule has 0 fully saturated rings. The van der Waals surface area contributed by atoms with Gasteiger partial charge in [0.15, 0.2) is 0 Å². The van der Waals surface area contributed by atoms with Crippen molar-refractivity contribution in [1.82, 2.24) is 4.90 Å². The molecule has 2 aromatic carbocycles. The Morgan fingerprint density at radius 1 is 1.19 bits per heavy atom. The third-order valence-corrected chi connectivity index (χ3v) is 3.98. The van der Waals surface area contributed by atoms with Gasteiger partial charge in [-0.05, 0) is 28.8 Å². The first kappa shape index (κ1) is 13.5. The Balaban J connectivity index is 2.01. The van der Waals surface area contributed by atoms with E-state index in [2.05, 4.69) is 6.07 Å². The molecule has 0 bridgehead atoms. The first-order chi connectivity index (χ1) is 10.2. The number of rotatable bonds is 2. The average molecular weight is 283 g/mol. The molecule has 1 N–H and O–H groups in total. The number of ether oxygens (including phenoxy) is 1. The van der Waals surface area contributed by atoms with Crippen LogP contribution in [0.25, 0.3) is 0 Å². The van der Waals surface area contributed by atoms with Crippen molar-refractivity contribution in [3.05, 3.63) is 65.2 Å². The number of hydrogen-bond donors (Lipinski definition) is 1. The van der Waals surface area contributed by atoms with E-state index in [0.29, 0.717) is 13.1 Å². The second kappa shape index (κ2) is 5.48. The normalized spacial score (nSPS) is 17.2. The maximum absolute atomic E-state index is 11.3. The van der Waals surface area contributed by atoms with Crippen molar-refractivity contribution in [3.8, 4) is 5.75 Å². The van der Waals surface area contributed by atoms with Gasteiger partial charge in [-0.15, -0.1) is 0 Å². The summed E-state index contributed by atoms with van der Waals surface area (Å²) < 4.78 is 5.18. The van der Waals surface area contributed by atoms with Gasteiger partial charge in [-0.1, -0.05) is 36.4 Å². The zero-order valence-electron chi connectivity index (χ0n) is 11.8. The van der Waals surface area contributed by atoms with Crippen LogP contribution < -0.4 is 4.74 Å². The SMILES string of the molecule is COc1ccc(C2CN(C(=O)O)Cc3ccccc32)cc1. The number of nitrogens with zero attached hydrogens (tertiary/aromatic N) is 1. The Morgan fingerprint density at radius 2 is 1.90 bits per heavy atom. The van der Waals surface area contributed by atoms with Gasteiger partial charge in [-0.2, -0.15) is 0 Å². The van der Waals surface area contributed by atoms with Crippen molar-refractivity contribution in [2.45, 2.75) is 12.5 Å². The standard InChI is InChI=1S/C17H17NO3/c1-21-14-8-6-12(7-9-14)16-11-18(17(19)20)10-13-4-2-3-5-15(13)16/h2-9,16H,10-11H2,1H3,(H,19,20). The summed E-state index contributed by atoms with van der Waals surface area (Å²) in [5, 5.41) is 9.32. The van der Waals surface area contributed by atoms with Gasteiger partial charge in [0.05, 0.1) is 7.11 Å². The number of methoxy groups -OCH3 is 1. The smallest absolute Gasteiger partial charge is 0.407 e. The first-order valence-electron chi connectivity index (χ1n) is 6.88. The van der Waals surface area contributed by atoms with E-state index in [4.69, 9.17) is 4.74 Å². The van der Waals surface area contributed by atoms with Crippen molar-refractivity contribution < 1.29 is 14.6 Å². The molecule has 0 saturated carbocycles. The molecule has 0 saturated heterocycles. The average Bonchev–Trinajstić information content (AvgIpc) is 2.54. The van der Waals surface area contributed by atoms with E-state index in [0.717, 1.165) is 16.9 Å². The van der Waals surface area contributed by atoms with Gasteiger partial charge in [0.2, 0.25) is 0 Å². The van der Waals surface area contributed by atoms with Crippen molar-refractivity contribution in [3.63, 3.8) is 0 Å². The van der Waals surface area contributed by atoms with Crippen molar-refractivity contribution in [1.29, 1.82) is 0 Å². The van der Waals surface area contributed by atoms with Gasteiger partial charge >= 0.3 is 6.09 Å². The van der Waals surface area contributed by atoms with Crippen LogP contribution in [0.3, 0.4) is 0 Å². The first-order valence-corrected chi connectivity index (χ1v) is 6.88. The molecular weight excluding hydrogens is 266 g/mol. The third kappa shape index (κ3) is 2.57. The summed E-state index contributed by atoms with van der Waals surface area (Å²) in [5.74, 6) is 0.870. The zero-order valence-corrected chi connectivity index (χ0v) is 11.8. The topological polar surface area (TPSA) is 49.8 Å². The summed E-state index contributed by atoms with van der Waals surface area (Å²) in [5.41, 5.74) is 3.39. The molecule has 2 aromatic rings. The van der Waals surface area contributed by atoms with E-state index in [1.165, 1.54) is 10.5 Å². The fourth-order valence-corrected chi connectivity index (χ4v) is 2.87. The molecule has 0 radical (unpaired) electrons. The Hall–Kier alpha value is -2.49. The van der Waals surface area contributed by atoms with E-state index in [-0.39, 0.29) is 5.92 Å². The van der Waals surface area contributed by atoms with Gasteiger partial charge in [0.25, 0.3) is 0 Å². The van der Waals surface area contributed by atoms with E-state index in [9.17, 15) is 9.90 Å². The summed E-state index contributed by atoms with van der Waals surface area (Å²) in [6, 6.07) is 15.9. The molecule has 1 amide bonds. The summed E-state index contributed by atoms with van der Waals surface area (Å²) in [4.78, 5) is 12.8. The van der Waals surface area contributed by atoms with Crippen molar-refractivity contribution in [2.75, 3.05) is 13.7 Å². The molecule has 4 heteroatoms. The zero-order chi connectivity index (χ0) is 14.8. The molecule has 1 heterocycles. The van der Waals surface area contributed by atoms with Gasteiger partial charge in [-0.25, -0.2) is 4.79 Å². The van der Waals surface area contributed by atoms with Crippen LogP contribution in [-0.4, -0.2) is 29.8 Å². The number of hydrogen-bond acceptors (Lipinski definition) is 2. The lowest BCUT2D eigenvalue weighted by molar-refractivity contribution is 0.137. The summed E-state index contributed by atoms with van der Waals surface area (Å²) in [6.07, 6.45) is -0.872. The number of carboxylic acid groups (broad SMARTS) is 1. The highest BCUT2D eigenvalue weighted by Crippen LogP contribution is 2.34. The molecule has 4 nitrogen and oxygen atoms in total. The number of carbonyl (C=O) groups is 1. The van der Waals surface area contributed by atoms with Crippen LogP contribution in [0, 0.1) is 0 Å². The molecule has 1 aliphatic heterocycles. The molecule has 1 unspecified atom stereocenters. The van der Waals surface area contributed by atoms with E-state index in [1.54, 1.807) is 7.11 Å². The molecule has 3 rings (SSSR count). The second-order valence-corrected chi connectivity index (χ2v) is 5.19. The highest BCUT2D eigenvalue weighted by atomic mass is 16.5. The molecule has 0 aliphatic carbocycles. The van der Waals surface area contributed by atoms with Gasteiger partial charge in [-0.3, -0.25) is 0 Å². The molecule has 1 aliphatic rings. The minimum Gasteiger partial charge on any atom is -0.497 e. The van der Waals surface area contributed by atoms with Crippen LogP contribution in [0.2, 0.25) is 0 Å².